The monoisotopic (exact) mass is 294 g/mol. The number of anilines is 1. The lowest BCUT2D eigenvalue weighted by molar-refractivity contribution is 0.135. The van der Waals surface area contributed by atoms with Crippen molar-refractivity contribution < 1.29 is 4.74 Å². The molecule has 2 heterocycles. The van der Waals surface area contributed by atoms with Crippen LogP contribution in [0, 0.1) is 18.3 Å². The van der Waals surface area contributed by atoms with E-state index in [1.807, 2.05) is 41.9 Å². The van der Waals surface area contributed by atoms with Gasteiger partial charge in [-0.1, -0.05) is 6.07 Å². The normalized spacial score (nSPS) is 16.8. The zero-order valence-corrected chi connectivity index (χ0v) is 12.5. The van der Waals surface area contributed by atoms with Gasteiger partial charge in [-0.15, -0.1) is 0 Å². The minimum absolute atomic E-state index is 0.192. The van der Waals surface area contributed by atoms with Gasteiger partial charge in [-0.05, 0) is 44.0 Å². The Bertz CT molecular complexity index is 727. The summed E-state index contributed by atoms with van der Waals surface area (Å²) < 4.78 is 7.38. The van der Waals surface area contributed by atoms with Gasteiger partial charge in [0.2, 0.25) is 0 Å². The summed E-state index contributed by atoms with van der Waals surface area (Å²) >= 11 is 0. The molecular formula is C17H18N4O. The predicted octanol–water partition coefficient (Wildman–Crippen LogP) is 3.16. The van der Waals surface area contributed by atoms with Crippen LogP contribution < -0.4 is 5.32 Å². The first kappa shape index (κ1) is 14.2. The molecule has 5 heteroatoms. The molecule has 3 rings (SSSR count). The van der Waals surface area contributed by atoms with E-state index in [0.29, 0.717) is 5.56 Å². The first-order valence-corrected chi connectivity index (χ1v) is 7.38. The van der Waals surface area contributed by atoms with Crippen molar-refractivity contribution in [1.82, 2.24) is 9.78 Å². The van der Waals surface area contributed by atoms with Crippen molar-refractivity contribution in [1.29, 1.82) is 5.26 Å². The molecule has 22 heavy (non-hydrogen) atoms. The molecule has 1 N–H and O–H groups in total. The Labute approximate surface area is 129 Å². The van der Waals surface area contributed by atoms with Gasteiger partial charge in [0, 0.05) is 11.8 Å². The molecule has 0 bridgehead atoms. The highest BCUT2D eigenvalue weighted by Gasteiger charge is 2.12. The minimum Gasteiger partial charge on any atom is -0.497 e. The molecule has 1 aliphatic rings. The summed E-state index contributed by atoms with van der Waals surface area (Å²) in [4.78, 5) is 0. The van der Waals surface area contributed by atoms with Crippen molar-refractivity contribution in [2.24, 2.45) is 0 Å². The Balaban J connectivity index is 1.73. The number of nitriles is 1. The van der Waals surface area contributed by atoms with E-state index in [9.17, 15) is 0 Å². The lowest BCUT2D eigenvalue weighted by Gasteiger charge is -2.19. The summed E-state index contributed by atoms with van der Waals surface area (Å²) in [5.74, 6) is 0.818. The van der Waals surface area contributed by atoms with Gasteiger partial charge in [0.1, 0.15) is 11.9 Å². The van der Waals surface area contributed by atoms with Crippen LogP contribution in [0.25, 0.3) is 5.69 Å². The molecule has 0 radical (unpaired) electrons. The summed E-state index contributed by atoms with van der Waals surface area (Å²) in [5, 5.41) is 16.9. The standard InChI is InChI=1S/C17H18N4O/c1-13-9-17(19-12-16-7-2-3-8-22-16)20-21(13)15-6-4-5-14(10-15)11-18/h3-6,8-10,16H,2,7,12H2,1H3,(H,19,20)/t16-/m1/s1. The first-order chi connectivity index (χ1) is 10.8. The molecule has 0 fully saturated rings. The van der Waals surface area contributed by atoms with Crippen LogP contribution >= 0.6 is 0 Å². The highest BCUT2D eigenvalue weighted by atomic mass is 16.5. The van der Waals surface area contributed by atoms with Crippen LogP contribution in [0.3, 0.4) is 0 Å². The van der Waals surface area contributed by atoms with E-state index in [4.69, 9.17) is 10.00 Å². The molecule has 0 amide bonds. The number of hydrogen-bond acceptors (Lipinski definition) is 4. The highest BCUT2D eigenvalue weighted by molar-refractivity contribution is 5.45. The van der Waals surface area contributed by atoms with Gasteiger partial charge in [-0.3, -0.25) is 0 Å². The lowest BCUT2D eigenvalue weighted by atomic mass is 10.1. The average molecular weight is 294 g/mol. The number of benzene rings is 1. The topological polar surface area (TPSA) is 62.9 Å². The van der Waals surface area contributed by atoms with Crippen LogP contribution in [0.1, 0.15) is 24.1 Å². The van der Waals surface area contributed by atoms with Crippen molar-refractivity contribution in [3.63, 3.8) is 0 Å². The van der Waals surface area contributed by atoms with Crippen molar-refractivity contribution in [2.75, 3.05) is 11.9 Å². The molecular weight excluding hydrogens is 276 g/mol. The summed E-state index contributed by atoms with van der Waals surface area (Å²) in [6.07, 6.45) is 6.08. The maximum absolute atomic E-state index is 9.00. The van der Waals surface area contributed by atoms with Gasteiger partial charge >= 0.3 is 0 Å². The molecule has 0 aliphatic carbocycles. The van der Waals surface area contributed by atoms with Gasteiger partial charge < -0.3 is 10.1 Å². The van der Waals surface area contributed by atoms with Crippen molar-refractivity contribution in [3.8, 4) is 11.8 Å². The Kier molecular flexibility index (Phi) is 4.10. The molecule has 1 aromatic carbocycles. The highest BCUT2D eigenvalue weighted by Crippen LogP contribution is 2.17. The van der Waals surface area contributed by atoms with Crippen LogP contribution in [0.15, 0.2) is 42.7 Å². The Morgan fingerprint density at radius 3 is 3.14 bits per heavy atom. The molecule has 1 aliphatic heterocycles. The van der Waals surface area contributed by atoms with Crippen LogP contribution in [0.2, 0.25) is 0 Å². The van der Waals surface area contributed by atoms with E-state index in [1.54, 1.807) is 12.3 Å². The third-order valence-electron chi connectivity index (χ3n) is 3.64. The number of hydrogen-bond donors (Lipinski definition) is 1. The average Bonchev–Trinajstić information content (AvgIpc) is 2.95. The zero-order chi connectivity index (χ0) is 15.4. The van der Waals surface area contributed by atoms with E-state index >= 15 is 0 Å². The number of allylic oxidation sites excluding steroid dienone is 1. The fraction of sp³-hybridized carbons (Fsp3) is 0.294. The second kappa shape index (κ2) is 6.35. The number of nitrogens with one attached hydrogen (secondary N) is 1. The molecule has 2 aromatic rings. The summed E-state index contributed by atoms with van der Waals surface area (Å²) in [6, 6.07) is 11.6. The number of nitrogens with zero attached hydrogens (tertiary/aromatic N) is 3. The Morgan fingerprint density at radius 2 is 2.36 bits per heavy atom. The summed E-state index contributed by atoms with van der Waals surface area (Å²) in [5.41, 5.74) is 2.53. The fourth-order valence-electron chi connectivity index (χ4n) is 2.48. The van der Waals surface area contributed by atoms with Gasteiger partial charge in [0.25, 0.3) is 0 Å². The second-order valence-corrected chi connectivity index (χ2v) is 5.33. The van der Waals surface area contributed by atoms with E-state index in [-0.39, 0.29) is 6.10 Å². The molecule has 0 saturated heterocycles. The van der Waals surface area contributed by atoms with Crippen LogP contribution in [-0.2, 0) is 4.74 Å². The Morgan fingerprint density at radius 1 is 1.45 bits per heavy atom. The van der Waals surface area contributed by atoms with Gasteiger partial charge in [0.15, 0.2) is 0 Å². The largest absolute Gasteiger partial charge is 0.497 e. The first-order valence-electron chi connectivity index (χ1n) is 7.38. The third kappa shape index (κ3) is 3.12. The fourth-order valence-corrected chi connectivity index (χ4v) is 2.48. The third-order valence-corrected chi connectivity index (χ3v) is 3.64. The molecule has 1 atom stereocenters. The number of ether oxygens (including phenoxy) is 1. The van der Waals surface area contributed by atoms with Crippen LogP contribution in [0.5, 0.6) is 0 Å². The summed E-state index contributed by atoms with van der Waals surface area (Å²) in [6.45, 7) is 2.73. The minimum atomic E-state index is 0.192. The molecule has 1 aromatic heterocycles. The van der Waals surface area contributed by atoms with E-state index < -0.39 is 0 Å². The SMILES string of the molecule is Cc1cc(NC[C@H]2CCC=CO2)nn1-c1cccc(C#N)c1. The molecule has 5 nitrogen and oxygen atoms in total. The van der Waals surface area contributed by atoms with Gasteiger partial charge in [0.05, 0.1) is 30.1 Å². The van der Waals surface area contributed by atoms with Crippen molar-refractivity contribution in [3.05, 3.63) is 53.9 Å². The molecule has 0 spiro atoms. The smallest absolute Gasteiger partial charge is 0.148 e. The molecule has 112 valence electrons. The lowest BCUT2D eigenvalue weighted by Crippen LogP contribution is -2.23. The van der Waals surface area contributed by atoms with E-state index in [2.05, 4.69) is 16.5 Å². The predicted molar refractivity (Wildman–Crippen MR) is 84.8 cm³/mol. The molecule has 0 unspecified atom stereocenters. The zero-order valence-electron chi connectivity index (χ0n) is 12.5. The molecule has 0 saturated carbocycles. The number of rotatable bonds is 4. The quantitative estimate of drug-likeness (QED) is 0.941. The van der Waals surface area contributed by atoms with Crippen LogP contribution in [-0.4, -0.2) is 22.4 Å². The maximum atomic E-state index is 9.00. The van der Waals surface area contributed by atoms with Gasteiger partial charge in [-0.25, -0.2) is 4.68 Å². The number of aryl methyl sites for hydroxylation is 1. The second-order valence-electron chi connectivity index (χ2n) is 5.33. The number of aromatic nitrogens is 2. The van der Waals surface area contributed by atoms with Crippen molar-refractivity contribution in [2.45, 2.75) is 25.9 Å². The van der Waals surface area contributed by atoms with Crippen LogP contribution in [0.4, 0.5) is 5.82 Å². The van der Waals surface area contributed by atoms with Gasteiger partial charge in [-0.2, -0.15) is 10.4 Å². The van der Waals surface area contributed by atoms with Crippen molar-refractivity contribution >= 4 is 5.82 Å². The summed E-state index contributed by atoms with van der Waals surface area (Å²) in [7, 11) is 0. The van der Waals surface area contributed by atoms with E-state index in [1.165, 1.54) is 0 Å². The Hall–Kier alpha value is -2.74. The van der Waals surface area contributed by atoms with E-state index in [0.717, 1.165) is 36.6 Å². The maximum Gasteiger partial charge on any atom is 0.148 e.